The van der Waals surface area contributed by atoms with Crippen LogP contribution in [0.25, 0.3) is 29.1 Å². The second kappa shape index (κ2) is 4.92. The minimum Gasteiger partial charge on any atom is -0.320 e. The lowest BCUT2D eigenvalue weighted by Crippen LogP contribution is -2.29. The van der Waals surface area contributed by atoms with Gasteiger partial charge in [-0.1, -0.05) is 42.5 Å². The third-order valence-electron chi connectivity index (χ3n) is 4.45. The Balaban J connectivity index is 1.83. The Hall–Kier alpha value is -3.15. The van der Waals surface area contributed by atoms with Crippen molar-refractivity contribution in [1.82, 2.24) is 23.9 Å². The Bertz CT molecular complexity index is 1240. The molecule has 0 saturated heterocycles. The fraction of sp³-hybridized carbons (Fsp3) is 0.167. The highest BCUT2D eigenvalue weighted by molar-refractivity contribution is 5.73. The maximum absolute atomic E-state index is 12.6. The number of nitrogens with one attached hydrogen (secondary N) is 1. The van der Waals surface area contributed by atoms with E-state index in [2.05, 4.69) is 27.1 Å². The summed E-state index contributed by atoms with van der Waals surface area (Å²) in [6.07, 6.45) is 7.95. The molecular formula is C18H15N5O. The summed E-state index contributed by atoms with van der Waals surface area (Å²) in [5.41, 5.74) is 2.20. The predicted octanol–water partition coefficient (Wildman–Crippen LogP) is 0.775. The zero-order chi connectivity index (χ0) is 16.1. The molecule has 1 N–H and O–H groups in total. The van der Waals surface area contributed by atoms with Crippen molar-refractivity contribution in [2.24, 2.45) is 0 Å². The quantitative estimate of drug-likeness (QED) is 0.594. The van der Waals surface area contributed by atoms with E-state index in [4.69, 9.17) is 0 Å². The molecule has 0 amide bonds. The van der Waals surface area contributed by atoms with Crippen LogP contribution in [0.5, 0.6) is 0 Å². The summed E-state index contributed by atoms with van der Waals surface area (Å²) in [6.45, 7) is 0.610. The average Bonchev–Trinajstić information content (AvgIpc) is 3.17. The first-order valence-electron chi connectivity index (χ1n) is 8.01. The molecule has 0 aliphatic heterocycles. The molecule has 24 heavy (non-hydrogen) atoms. The largest absolute Gasteiger partial charge is 0.320 e. The lowest BCUT2D eigenvalue weighted by molar-refractivity contribution is 0.820. The van der Waals surface area contributed by atoms with Crippen molar-refractivity contribution < 1.29 is 0 Å². The highest BCUT2D eigenvalue weighted by Gasteiger charge is 2.14. The first-order valence-corrected chi connectivity index (χ1v) is 8.01. The summed E-state index contributed by atoms with van der Waals surface area (Å²) in [6, 6.07) is 10.1. The molecule has 6 heteroatoms. The van der Waals surface area contributed by atoms with E-state index in [1.54, 1.807) is 6.33 Å². The van der Waals surface area contributed by atoms with Crippen molar-refractivity contribution in [1.29, 1.82) is 0 Å². The van der Waals surface area contributed by atoms with Crippen molar-refractivity contribution in [3.05, 3.63) is 63.3 Å². The van der Waals surface area contributed by atoms with E-state index in [-0.39, 0.29) is 5.56 Å². The van der Waals surface area contributed by atoms with E-state index >= 15 is 0 Å². The van der Waals surface area contributed by atoms with E-state index in [0.29, 0.717) is 23.5 Å². The molecule has 1 aromatic carbocycles. The van der Waals surface area contributed by atoms with Gasteiger partial charge in [0.1, 0.15) is 0 Å². The fourth-order valence-electron chi connectivity index (χ4n) is 3.36. The van der Waals surface area contributed by atoms with Gasteiger partial charge >= 0.3 is 0 Å². The maximum Gasteiger partial charge on any atom is 0.278 e. The van der Waals surface area contributed by atoms with Crippen LogP contribution < -0.4 is 16.3 Å². The zero-order valence-corrected chi connectivity index (χ0v) is 12.9. The molecule has 1 aliphatic rings. The van der Waals surface area contributed by atoms with Gasteiger partial charge in [-0.05, 0) is 18.4 Å². The number of aromatic nitrogens is 5. The molecule has 0 saturated carbocycles. The second-order valence-electron chi connectivity index (χ2n) is 6.01. The van der Waals surface area contributed by atoms with Gasteiger partial charge in [-0.15, -0.1) is 0 Å². The number of aromatic amines is 1. The zero-order valence-electron chi connectivity index (χ0n) is 12.9. The number of rotatable bonds is 2. The average molecular weight is 317 g/mol. The van der Waals surface area contributed by atoms with Crippen LogP contribution in [0, 0.1) is 0 Å². The smallest absolute Gasteiger partial charge is 0.278 e. The number of fused-ring (bicyclic) bond motifs is 5. The minimum atomic E-state index is -0.159. The van der Waals surface area contributed by atoms with E-state index in [1.807, 2.05) is 39.3 Å². The third-order valence-corrected chi connectivity index (χ3v) is 4.45. The number of imidazole rings is 2. The van der Waals surface area contributed by atoms with Crippen LogP contribution in [0.4, 0.5) is 0 Å². The molecule has 0 atom stereocenters. The van der Waals surface area contributed by atoms with E-state index in [0.717, 1.165) is 29.1 Å². The highest BCUT2D eigenvalue weighted by Crippen LogP contribution is 2.11. The molecule has 5 rings (SSSR count). The van der Waals surface area contributed by atoms with Crippen molar-refractivity contribution in [2.75, 3.05) is 0 Å². The number of H-pyrrole nitrogens is 1. The molecule has 0 spiro atoms. The van der Waals surface area contributed by atoms with Crippen LogP contribution in [-0.4, -0.2) is 23.9 Å². The lowest BCUT2D eigenvalue weighted by Gasteiger charge is -2.04. The monoisotopic (exact) mass is 317 g/mol. The van der Waals surface area contributed by atoms with Gasteiger partial charge in [0.2, 0.25) is 5.78 Å². The Labute approximate surface area is 136 Å². The van der Waals surface area contributed by atoms with Crippen LogP contribution in [-0.2, 0) is 6.54 Å². The standard InChI is InChI=1S/C18H15N5O/c24-17-15-16(19-11-22(15)10-12-6-2-1-3-7-12)23-14-9-5-4-8-13(14)20-18(23)21-17/h1-3,6-9,11H,4-5,10H2,(H,20,21,24). The summed E-state index contributed by atoms with van der Waals surface area (Å²) < 4.78 is 3.84. The summed E-state index contributed by atoms with van der Waals surface area (Å²) in [5, 5.41) is 1.93. The number of hydrogen-bond acceptors (Lipinski definition) is 3. The van der Waals surface area contributed by atoms with Crippen LogP contribution >= 0.6 is 0 Å². The van der Waals surface area contributed by atoms with Crippen molar-refractivity contribution in [3.8, 4) is 0 Å². The molecule has 0 radical (unpaired) electrons. The normalized spacial score (nSPS) is 13.7. The molecule has 0 unspecified atom stereocenters. The van der Waals surface area contributed by atoms with Gasteiger partial charge < -0.3 is 4.57 Å². The molecule has 118 valence electrons. The number of benzene rings is 1. The van der Waals surface area contributed by atoms with Crippen molar-refractivity contribution in [3.63, 3.8) is 0 Å². The summed E-state index contributed by atoms with van der Waals surface area (Å²) in [5.74, 6) is 0.553. The van der Waals surface area contributed by atoms with Gasteiger partial charge in [0, 0.05) is 6.54 Å². The van der Waals surface area contributed by atoms with Crippen molar-refractivity contribution >= 4 is 29.1 Å². The summed E-state index contributed by atoms with van der Waals surface area (Å²) in [7, 11) is 0. The van der Waals surface area contributed by atoms with E-state index in [1.165, 1.54) is 0 Å². The van der Waals surface area contributed by atoms with Gasteiger partial charge in [0.25, 0.3) is 5.56 Å². The van der Waals surface area contributed by atoms with Crippen LogP contribution in [0.1, 0.15) is 18.4 Å². The fourth-order valence-corrected chi connectivity index (χ4v) is 3.36. The van der Waals surface area contributed by atoms with Crippen LogP contribution in [0.3, 0.4) is 0 Å². The predicted molar refractivity (Wildman–Crippen MR) is 92.1 cm³/mol. The Morgan fingerprint density at radius 2 is 1.96 bits per heavy atom. The minimum absolute atomic E-state index is 0.159. The van der Waals surface area contributed by atoms with E-state index < -0.39 is 0 Å². The Kier molecular flexibility index (Phi) is 2.73. The van der Waals surface area contributed by atoms with E-state index in [9.17, 15) is 4.79 Å². The van der Waals surface area contributed by atoms with Gasteiger partial charge in [-0.25, -0.2) is 9.97 Å². The molecular weight excluding hydrogens is 302 g/mol. The van der Waals surface area contributed by atoms with Crippen LogP contribution in [0.15, 0.2) is 41.5 Å². The Morgan fingerprint density at radius 3 is 2.83 bits per heavy atom. The lowest BCUT2D eigenvalue weighted by atomic mass is 10.2. The molecule has 6 nitrogen and oxygen atoms in total. The van der Waals surface area contributed by atoms with Gasteiger partial charge in [-0.2, -0.15) is 0 Å². The topological polar surface area (TPSA) is 68.0 Å². The number of nitrogens with zero attached hydrogens (tertiary/aromatic N) is 4. The summed E-state index contributed by atoms with van der Waals surface area (Å²) >= 11 is 0. The van der Waals surface area contributed by atoms with Gasteiger partial charge in [0.15, 0.2) is 11.2 Å². The molecule has 0 fully saturated rings. The molecule has 4 aromatic rings. The first-order chi connectivity index (χ1) is 11.8. The van der Waals surface area contributed by atoms with Crippen LogP contribution in [0.2, 0.25) is 0 Å². The Morgan fingerprint density at radius 1 is 1.12 bits per heavy atom. The summed E-state index contributed by atoms with van der Waals surface area (Å²) in [4.78, 5) is 24.5. The second-order valence-corrected chi connectivity index (χ2v) is 6.01. The van der Waals surface area contributed by atoms with Gasteiger partial charge in [0.05, 0.1) is 17.0 Å². The molecule has 0 bridgehead atoms. The maximum atomic E-state index is 12.6. The number of hydrogen-bond donors (Lipinski definition) is 1. The molecule has 3 heterocycles. The van der Waals surface area contributed by atoms with Gasteiger partial charge in [-0.3, -0.25) is 14.2 Å². The SMILES string of the molecule is O=c1[nH]c2nc3c(n2c2ncn(Cc4ccccc4)c12)=CCCC=3. The third kappa shape index (κ3) is 1.86. The molecule has 1 aliphatic carbocycles. The molecule has 3 aromatic heterocycles. The first kappa shape index (κ1) is 13.3. The van der Waals surface area contributed by atoms with Crippen molar-refractivity contribution in [2.45, 2.75) is 19.4 Å². The highest BCUT2D eigenvalue weighted by atomic mass is 16.1.